The highest BCUT2D eigenvalue weighted by Crippen LogP contribution is 2.28. The molecule has 0 spiro atoms. The van der Waals surface area contributed by atoms with Crippen LogP contribution in [0.25, 0.3) is 22.4 Å². The zero-order valence-corrected chi connectivity index (χ0v) is 19.0. The zero-order chi connectivity index (χ0) is 21.8. The fourth-order valence-electron chi connectivity index (χ4n) is 3.59. The summed E-state index contributed by atoms with van der Waals surface area (Å²) < 4.78 is 0.980. The van der Waals surface area contributed by atoms with Gasteiger partial charge < -0.3 is 5.32 Å². The maximum Gasteiger partial charge on any atom is 0.253 e. The van der Waals surface area contributed by atoms with Crippen LogP contribution in [-0.2, 0) is 6.54 Å². The van der Waals surface area contributed by atoms with Crippen LogP contribution in [0.5, 0.6) is 0 Å². The van der Waals surface area contributed by atoms with Crippen molar-refractivity contribution in [3.05, 3.63) is 106 Å². The summed E-state index contributed by atoms with van der Waals surface area (Å²) in [6.07, 6.45) is 5.26. The van der Waals surface area contributed by atoms with E-state index in [0.29, 0.717) is 17.8 Å². The third-order valence-electron chi connectivity index (χ3n) is 4.96. The Morgan fingerprint density at radius 2 is 1.71 bits per heavy atom. The van der Waals surface area contributed by atoms with Crippen molar-refractivity contribution >= 4 is 21.8 Å². The number of hydrogen-bond acceptors (Lipinski definition) is 3. The Bertz CT molecular complexity index is 1220. The molecule has 1 N–H and O–H groups in total. The molecule has 5 heteroatoms. The molecule has 0 atom stereocenters. The molecule has 2 aromatic carbocycles. The van der Waals surface area contributed by atoms with Crippen LogP contribution in [0.4, 0.5) is 0 Å². The smallest absolute Gasteiger partial charge is 0.253 e. The third-order valence-corrected chi connectivity index (χ3v) is 5.46. The predicted octanol–water partition coefficient (Wildman–Crippen LogP) is 6.12. The van der Waals surface area contributed by atoms with Crippen LogP contribution in [0.2, 0.25) is 0 Å². The van der Waals surface area contributed by atoms with E-state index in [-0.39, 0.29) is 5.91 Å². The minimum absolute atomic E-state index is 0.169. The average Bonchev–Trinajstić information content (AvgIpc) is 2.77. The molecule has 2 aromatic heterocycles. The monoisotopic (exact) mass is 471 g/mol. The molecular weight excluding hydrogens is 450 g/mol. The van der Waals surface area contributed by atoms with Gasteiger partial charge in [-0.15, -0.1) is 0 Å². The first-order chi connectivity index (χ1) is 15.0. The normalized spacial score (nSPS) is 10.7. The maximum atomic E-state index is 13.2. The maximum absolute atomic E-state index is 13.2. The fourth-order valence-corrected chi connectivity index (χ4v) is 4.04. The molecule has 0 aliphatic heterocycles. The third kappa shape index (κ3) is 5.06. The molecule has 4 rings (SSSR count). The number of nitrogens with zero attached hydrogens (tertiary/aromatic N) is 2. The van der Waals surface area contributed by atoms with Crippen molar-refractivity contribution < 1.29 is 4.79 Å². The summed E-state index contributed by atoms with van der Waals surface area (Å²) in [5, 5.41) is 3.03. The molecule has 0 aliphatic rings. The Hall–Kier alpha value is -3.31. The number of carbonyl (C=O) groups excluding carboxylic acids is 1. The van der Waals surface area contributed by atoms with E-state index in [0.717, 1.165) is 26.7 Å². The topological polar surface area (TPSA) is 54.9 Å². The Morgan fingerprint density at radius 3 is 2.42 bits per heavy atom. The minimum atomic E-state index is -0.169. The van der Waals surface area contributed by atoms with Crippen LogP contribution < -0.4 is 5.32 Å². The average molecular weight is 472 g/mol. The molecule has 0 saturated heterocycles. The van der Waals surface area contributed by atoms with E-state index in [1.807, 2.05) is 48.7 Å². The minimum Gasteiger partial charge on any atom is -0.348 e. The first kappa shape index (κ1) is 20.9. The van der Waals surface area contributed by atoms with E-state index in [9.17, 15) is 4.79 Å². The number of nitrogens with one attached hydrogen (secondary N) is 1. The van der Waals surface area contributed by atoms with Gasteiger partial charge in [-0.05, 0) is 55.3 Å². The number of aryl methyl sites for hydroxylation is 2. The zero-order valence-electron chi connectivity index (χ0n) is 17.4. The van der Waals surface area contributed by atoms with Crippen LogP contribution >= 0.6 is 15.9 Å². The molecule has 154 valence electrons. The first-order valence-electron chi connectivity index (χ1n) is 10.0. The van der Waals surface area contributed by atoms with Crippen molar-refractivity contribution in [3.8, 4) is 22.4 Å². The van der Waals surface area contributed by atoms with Gasteiger partial charge in [0.15, 0.2) is 0 Å². The lowest BCUT2D eigenvalue weighted by Crippen LogP contribution is -2.24. The van der Waals surface area contributed by atoms with Gasteiger partial charge in [0.2, 0.25) is 0 Å². The van der Waals surface area contributed by atoms with Crippen LogP contribution in [0.15, 0.2) is 83.7 Å². The SMILES string of the molecule is Cc1cc(C)cc(-c2cnc(-c3cccnc3)c(C(=O)NCc3cccc(Br)c3)c2)c1. The Balaban J connectivity index is 1.72. The molecule has 0 aliphatic carbocycles. The molecule has 1 amide bonds. The lowest BCUT2D eigenvalue weighted by Gasteiger charge is -2.13. The van der Waals surface area contributed by atoms with Gasteiger partial charge in [-0.2, -0.15) is 0 Å². The van der Waals surface area contributed by atoms with Gasteiger partial charge in [-0.3, -0.25) is 14.8 Å². The summed E-state index contributed by atoms with van der Waals surface area (Å²) in [5.41, 5.74) is 7.27. The quantitative estimate of drug-likeness (QED) is 0.381. The van der Waals surface area contributed by atoms with Gasteiger partial charge in [-0.25, -0.2) is 0 Å². The molecule has 4 aromatic rings. The number of carbonyl (C=O) groups is 1. The fraction of sp³-hybridized carbons (Fsp3) is 0.115. The molecule has 0 fully saturated rings. The van der Waals surface area contributed by atoms with Crippen LogP contribution in [0.1, 0.15) is 27.0 Å². The summed E-state index contributed by atoms with van der Waals surface area (Å²) in [7, 11) is 0. The summed E-state index contributed by atoms with van der Waals surface area (Å²) in [5.74, 6) is -0.169. The molecule has 31 heavy (non-hydrogen) atoms. The van der Waals surface area contributed by atoms with Gasteiger partial charge >= 0.3 is 0 Å². The highest BCUT2D eigenvalue weighted by atomic mass is 79.9. The number of hydrogen-bond donors (Lipinski definition) is 1. The molecule has 0 unspecified atom stereocenters. The summed E-state index contributed by atoms with van der Waals surface area (Å²) in [4.78, 5) is 22.1. The number of benzene rings is 2. The molecule has 0 bridgehead atoms. The Morgan fingerprint density at radius 1 is 0.903 bits per heavy atom. The second-order valence-electron chi connectivity index (χ2n) is 7.55. The van der Waals surface area contributed by atoms with Crippen LogP contribution in [0.3, 0.4) is 0 Å². The molecule has 2 heterocycles. The first-order valence-corrected chi connectivity index (χ1v) is 10.8. The second kappa shape index (κ2) is 9.23. The number of rotatable bonds is 5. The van der Waals surface area contributed by atoms with Crippen LogP contribution in [0, 0.1) is 13.8 Å². The number of halogens is 1. The van der Waals surface area contributed by atoms with E-state index in [1.54, 1.807) is 12.4 Å². The predicted molar refractivity (Wildman–Crippen MR) is 128 cm³/mol. The van der Waals surface area contributed by atoms with Crippen LogP contribution in [-0.4, -0.2) is 15.9 Å². The number of pyridine rings is 2. The highest BCUT2D eigenvalue weighted by Gasteiger charge is 2.16. The highest BCUT2D eigenvalue weighted by molar-refractivity contribution is 9.10. The van der Waals surface area contributed by atoms with Gasteiger partial charge in [0, 0.05) is 40.7 Å². The van der Waals surface area contributed by atoms with E-state index in [2.05, 4.69) is 63.3 Å². The lowest BCUT2D eigenvalue weighted by molar-refractivity contribution is 0.0951. The molecule has 4 nitrogen and oxygen atoms in total. The Kier molecular flexibility index (Phi) is 6.23. The lowest BCUT2D eigenvalue weighted by atomic mass is 9.98. The molecular formula is C26H22BrN3O. The van der Waals surface area contributed by atoms with Gasteiger partial charge in [0.1, 0.15) is 0 Å². The van der Waals surface area contributed by atoms with Gasteiger partial charge in [-0.1, -0.05) is 57.4 Å². The summed E-state index contributed by atoms with van der Waals surface area (Å²) >= 11 is 3.47. The second-order valence-corrected chi connectivity index (χ2v) is 8.47. The van der Waals surface area contributed by atoms with Gasteiger partial charge in [0.25, 0.3) is 5.91 Å². The summed E-state index contributed by atoms with van der Waals surface area (Å²) in [6.45, 7) is 4.57. The summed E-state index contributed by atoms with van der Waals surface area (Å²) in [6, 6.07) is 19.9. The van der Waals surface area contributed by atoms with Crippen molar-refractivity contribution in [1.82, 2.24) is 15.3 Å². The van der Waals surface area contributed by atoms with Crippen molar-refractivity contribution in [2.75, 3.05) is 0 Å². The van der Waals surface area contributed by atoms with Gasteiger partial charge in [0.05, 0.1) is 11.3 Å². The van der Waals surface area contributed by atoms with Crippen molar-refractivity contribution in [2.45, 2.75) is 20.4 Å². The van der Waals surface area contributed by atoms with E-state index in [1.165, 1.54) is 11.1 Å². The standard InChI is InChI=1S/C26H22BrN3O/c1-17-9-18(2)11-21(10-17)22-13-24(25(29-16-22)20-6-4-8-28-15-20)26(31)30-14-19-5-3-7-23(27)12-19/h3-13,15-16H,14H2,1-2H3,(H,30,31). The van der Waals surface area contributed by atoms with E-state index < -0.39 is 0 Å². The molecule has 0 saturated carbocycles. The number of amides is 1. The number of aromatic nitrogens is 2. The van der Waals surface area contributed by atoms with Crippen molar-refractivity contribution in [2.24, 2.45) is 0 Å². The Labute approximate surface area is 190 Å². The van der Waals surface area contributed by atoms with E-state index in [4.69, 9.17) is 0 Å². The molecule has 0 radical (unpaired) electrons. The van der Waals surface area contributed by atoms with Crippen molar-refractivity contribution in [3.63, 3.8) is 0 Å². The van der Waals surface area contributed by atoms with E-state index >= 15 is 0 Å². The largest absolute Gasteiger partial charge is 0.348 e. The van der Waals surface area contributed by atoms with Crippen molar-refractivity contribution in [1.29, 1.82) is 0 Å².